The topological polar surface area (TPSA) is 66.0 Å². The Kier molecular flexibility index (Phi) is 5.35. The maximum atomic E-state index is 12.2. The molecule has 2 heterocycles. The molecule has 1 fully saturated rings. The summed E-state index contributed by atoms with van der Waals surface area (Å²) in [6, 6.07) is 5.78. The van der Waals surface area contributed by atoms with Gasteiger partial charge in [0.1, 0.15) is 5.82 Å². The van der Waals surface area contributed by atoms with Crippen molar-refractivity contribution >= 4 is 11.7 Å². The highest BCUT2D eigenvalue weighted by Crippen LogP contribution is 2.22. The lowest BCUT2D eigenvalue weighted by molar-refractivity contribution is -0.127. The second-order valence-electron chi connectivity index (χ2n) is 5.22. The van der Waals surface area contributed by atoms with Gasteiger partial charge >= 0.3 is 0 Å². The number of hydrogen-bond acceptors (Lipinski definition) is 4. The summed E-state index contributed by atoms with van der Waals surface area (Å²) in [6.45, 7) is 4.52. The van der Waals surface area contributed by atoms with Crippen LogP contribution in [0.5, 0.6) is 0 Å². The molecule has 0 aliphatic carbocycles. The zero-order valence-corrected chi connectivity index (χ0v) is 12.1. The van der Waals surface area contributed by atoms with Gasteiger partial charge in [-0.05, 0) is 44.4 Å². The van der Waals surface area contributed by atoms with Gasteiger partial charge in [0, 0.05) is 19.3 Å². The van der Waals surface area contributed by atoms with Crippen LogP contribution in [0.1, 0.15) is 32.6 Å². The fraction of sp³-hybridized carbons (Fsp3) is 0.600. The third kappa shape index (κ3) is 3.70. The molecule has 1 atom stereocenters. The summed E-state index contributed by atoms with van der Waals surface area (Å²) < 4.78 is 0. The van der Waals surface area contributed by atoms with E-state index < -0.39 is 0 Å². The zero-order chi connectivity index (χ0) is 14.3. The molecule has 1 unspecified atom stereocenters. The first-order chi connectivity index (χ1) is 9.77. The molecule has 2 rings (SSSR count). The van der Waals surface area contributed by atoms with Gasteiger partial charge in [-0.3, -0.25) is 4.79 Å². The first kappa shape index (κ1) is 14.8. The van der Waals surface area contributed by atoms with E-state index in [1.165, 1.54) is 0 Å². The van der Waals surface area contributed by atoms with Crippen molar-refractivity contribution in [3.05, 3.63) is 24.4 Å². The van der Waals surface area contributed by atoms with E-state index in [0.29, 0.717) is 6.54 Å². The average Bonchev–Trinajstić information content (AvgIpc) is 2.98. The number of hydrogen-bond donors (Lipinski definition) is 3. The lowest BCUT2D eigenvalue weighted by Crippen LogP contribution is -2.53. The highest BCUT2D eigenvalue weighted by Gasteiger charge is 2.38. The predicted octanol–water partition coefficient (Wildman–Crippen LogP) is 1.53. The monoisotopic (exact) mass is 276 g/mol. The Morgan fingerprint density at radius 1 is 1.45 bits per heavy atom. The Labute approximate surface area is 120 Å². The van der Waals surface area contributed by atoms with E-state index in [1.807, 2.05) is 18.2 Å². The molecule has 5 nitrogen and oxygen atoms in total. The number of carbonyl (C=O) groups excluding carboxylic acids is 1. The van der Waals surface area contributed by atoms with Crippen molar-refractivity contribution in [1.29, 1.82) is 0 Å². The summed E-state index contributed by atoms with van der Waals surface area (Å²) in [5.74, 6) is 1.02. The summed E-state index contributed by atoms with van der Waals surface area (Å²) >= 11 is 0. The maximum Gasteiger partial charge on any atom is 0.240 e. The van der Waals surface area contributed by atoms with E-state index >= 15 is 0 Å². The van der Waals surface area contributed by atoms with Gasteiger partial charge in [-0.1, -0.05) is 13.0 Å². The van der Waals surface area contributed by atoms with Gasteiger partial charge in [-0.25, -0.2) is 4.98 Å². The van der Waals surface area contributed by atoms with Crippen LogP contribution in [-0.4, -0.2) is 36.1 Å². The number of pyridine rings is 1. The van der Waals surface area contributed by atoms with Gasteiger partial charge in [0.2, 0.25) is 5.91 Å². The Bertz CT molecular complexity index is 415. The molecular weight excluding hydrogens is 252 g/mol. The molecule has 0 saturated carbocycles. The average molecular weight is 276 g/mol. The van der Waals surface area contributed by atoms with Crippen molar-refractivity contribution in [2.24, 2.45) is 0 Å². The molecule has 20 heavy (non-hydrogen) atoms. The number of amides is 1. The smallest absolute Gasteiger partial charge is 0.240 e. The molecule has 1 aliphatic rings. The molecular formula is C15H24N4O. The Hall–Kier alpha value is -1.62. The second kappa shape index (κ2) is 7.24. The van der Waals surface area contributed by atoms with Gasteiger partial charge in [0.05, 0.1) is 5.54 Å². The molecule has 1 aromatic rings. The Morgan fingerprint density at radius 2 is 2.35 bits per heavy atom. The van der Waals surface area contributed by atoms with Crippen LogP contribution >= 0.6 is 0 Å². The molecule has 0 aromatic carbocycles. The fourth-order valence-electron chi connectivity index (χ4n) is 2.61. The SMILES string of the molecule is CCC1(C(=O)NCCCNc2ccccn2)CCCN1. The standard InChI is InChI=1S/C15H24N4O/c1-2-15(8-5-12-19-15)14(20)18-11-6-10-17-13-7-3-4-9-16-13/h3-4,7,9,19H,2,5-6,8,10-12H2,1H3,(H,16,17)(H,18,20). The Morgan fingerprint density at radius 3 is 3.00 bits per heavy atom. The van der Waals surface area contributed by atoms with Crippen LogP contribution in [-0.2, 0) is 4.79 Å². The summed E-state index contributed by atoms with van der Waals surface area (Å²) in [5.41, 5.74) is -0.325. The summed E-state index contributed by atoms with van der Waals surface area (Å²) in [6.07, 6.45) is 5.54. The molecule has 3 N–H and O–H groups in total. The van der Waals surface area contributed by atoms with Crippen molar-refractivity contribution in [3.63, 3.8) is 0 Å². The molecule has 5 heteroatoms. The molecule has 0 bridgehead atoms. The highest BCUT2D eigenvalue weighted by molar-refractivity contribution is 5.86. The predicted molar refractivity (Wildman–Crippen MR) is 80.6 cm³/mol. The van der Waals surface area contributed by atoms with E-state index in [-0.39, 0.29) is 11.4 Å². The van der Waals surface area contributed by atoms with Crippen LogP contribution < -0.4 is 16.0 Å². The molecule has 1 aliphatic heterocycles. The summed E-state index contributed by atoms with van der Waals surface area (Å²) in [4.78, 5) is 16.4. The second-order valence-corrected chi connectivity index (χ2v) is 5.22. The van der Waals surface area contributed by atoms with Crippen molar-refractivity contribution in [1.82, 2.24) is 15.6 Å². The van der Waals surface area contributed by atoms with Crippen molar-refractivity contribution in [3.8, 4) is 0 Å². The van der Waals surface area contributed by atoms with Crippen LogP contribution in [0.4, 0.5) is 5.82 Å². The van der Waals surface area contributed by atoms with Crippen molar-refractivity contribution < 1.29 is 4.79 Å². The number of rotatable bonds is 7. The number of nitrogens with zero attached hydrogens (tertiary/aromatic N) is 1. The van der Waals surface area contributed by atoms with E-state index in [1.54, 1.807) is 6.20 Å². The van der Waals surface area contributed by atoms with E-state index in [2.05, 4.69) is 27.9 Å². The third-order valence-corrected chi connectivity index (χ3v) is 3.89. The normalized spacial score (nSPS) is 21.6. The molecule has 1 aromatic heterocycles. The van der Waals surface area contributed by atoms with Gasteiger partial charge < -0.3 is 16.0 Å². The first-order valence-corrected chi connectivity index (χ1v) is 7.45. The summed E-state index contributed by atoms with van der Waals surface area (Å²) in [7, 11) is 0. The van der Waals surface area contributed by atoms with E-state index in [9.17, 15) is 4.79 Å². The quantitative estimate of drug-likeness (QED) is 0.661. The molecule has 1 saturated heterocycles. The van der Waals surface area contributed by atoms with Gasteiger partial charge in [0.25, 0.3) is 0 Å². The number of anilines is 1. The highest BCUT2D eigenvalue weighted by atomic mass is 16.2. The maximum absolute atomic E-state index is 12.2. The van der Waals surface area contributed by atoms with E-state index in [0.717, 1.165) is 44.6 Å². The van der Waals surface area contributed by atoms with Crippen molar-refractivity contribution in [2.75, 3.05) is 25.0 Å². The van der Waals surface area contributed by atoms with Crippen LogP contribution in [0.2, 0.25) is 0 Å². The van der Waals surface area contributed by atoms with Crippen LogP contribution in [0, 0.1) is 0 Å². The number of carbonyl (C=O) groups is 1. The lowest BCUT2D eigenvalue weighted by Gasteiger charge is -2.26. The first-order valence-electron chi connectivity index (χ1n) is 7.45. The van der Waals surface area contributed by atoms with E-state index in [4.69, 9.17) is 0 Å². The minimum Gasteiger partial charge on any atom is -0.370 e. The van der Waals surface area contributed by atoms with Gasteiger partial charge in [-0.15, -0.1) is 0 Å². The lowest BCUT2D eigenvalue weighted by atomic mass is 9.93. The van der Waals surface area contributed by atoms with Crippen molar-refractivity contribution in [2.45, 2.75) is 38.1 Å². The summed E-state index contributed by atoms with van der Waals surface area (Å²) in [5, 5.41) is 9.62. The number of nitrogens with one attached hydrogen (secondary N) is 3. The molecule has 0 spiro atoms. The third-order valence-electron chi connectivity index (χ3n) is 3.89. The Balaban J connectivity index is 1.64. The fourth-order valence-corrected chi connectivity index (χ4v) is 2.61. The minimum absolute atomic E-state index is 0.148. The zero-order valence-electron chi connectivity index (χ0n) is 12.1. The van der Waals surface area contributed by atoms with Crippen LogP contribution in [0.3, 0.4) is 0 Å². The van der Waals surface area contributed by atoms with Crippen LogP contribution in [0.15, 0.2) is 24.4 Å². The molecule has 1 amide bonds. The van der Waals surface area contributed by atoms with Gasteiger partial charge in [0.15, 0.2) is 0 Å². The minimum atomic E-state index is -0.325. The number of aromatic nitrogens is 1. The largest absolute Gasteiger partial charge is 0.370 e. The van der Waals surface area contributed by atoms with Crippen LogP contribution in [0.25, 0.3) is 0 Å². The van der Waals surface area contributed by atoms with Gasteiger partial charge in [-0.2, -0.15) is 0 Å². The molecule has 0 radical (unpaired) electrons. The molecule has 110 valence electrons.